The maximum atomic E-state index is 5.98. The van der Waals surface area contributed by atoms with Crippen LogP contribution in [0.25, 0.3) is 11.1 Å². The van der Waals surface area contributed by atoms with Crippen LogP contribution in [-0.2, 0) is 0 Å². The monoisotopic (exact) mass is 270 g/mol. The molecule has 2 aromatic carbocycles. The lowest BCUT2D eigenvalue weighted by Gasteiger charge is -2.09. The van der Waals surface area contributed by atoms with E-state index in [0.29, 0.717) is 5.22 Å². The summed E-state index contributed by atoms with van der Waals surface area (Å²) >= 11 is 1.51. The summed E-state index contributed by atoms with van der Waals surface area (Å²) in [4.78, 5) is 5.55. The molecule has 0 aliphatic carbocycles. The van der Waals surface area contributed by atoms with Gasteiger partial charge in [0.15, 0.2) is 5.58 Å². The minimum Gasteiger partial charge on any atom is -0.431 e. The molecule has 3 aromatic rings. The molecule has 0 bridgehead atoms. The van der Waals surface area contributed by atoms with Crippen LogP contribution in [0.5, 0.6) is 0 Å². The van der Waals surface area contributed by atoms with E-state index in [-0.39, 0.29) is 6.04 Å². The highest BCUT2D eigenvalue weighted by Gasteiger charge is 2.11. The molecule has 1 atom stereocenters. The highest BCUT2D eigenvalue weighted by Crippen LogP contribution is 2.33. The van der Waals surface area contributed by atoms with Gasteiger partial charge in [-0.3, -0.25) is 0 Å². The van der Waals surface area contributed by atoms with Crippen LogP contribution in [0, 0.1) is 0 Å². The molecule has 3 rings (SSSR count). The van der Waals surface area contributed by atoms with Crippen LogP contribution in [0.3, 0.4) is 0 Å². The molecule has 1 heterocycles. The van der Waals surface area contributed by atoms with Gasteiger partial charge in [-0.25, -0.2) is 4.98 Å². The van der Waals surface area contributed by atoms with Crippen LogP contribution in [0.1, 0.15) is 18.5 Å². The average molecular weight is 270 g/mol. The van der Waals surface area contributed by atoms with Gasteiger partial charge in [-0.2, -0.15) is 0 Å². The molecule has 0 amide bonds. The molecule has 0 saturated heterocycles. The number of oxazole rings is 1. The van der Waals surface area contributed by atoms with E-state index in [2.05, 4.69) is 4.98 Å². The molecule has 19 heavy (non-hydrogen) atoms. The van der Waals surface area contributed by atoms with Crippen molar-refractivity contribution in [3.05, 3.63) is 54.1 Å². The van der Waals surface area contributed by atoms with E-state index in [4.69, 9.17) is 10.2 Å². The van der Waals surface area contributed by atoms with Gasteiger partial charge in [0.2, 0.25) is 0 Å². The summed E-state index contributed by atoms with van der Waals surface area (Å²) in [7, 11) is 0. The van der Waals surface area contributed by atoms with Gasteiger partial charge in [0.25, 0.3) is 5.22 Å². The second kappa shape index (κ2) is 5.07. The van der Waals surface area contributed by atoms with Gasteiger partial charge in [-0.1, -0.05) is 30.3 Å². The largest absolute Gasteiger partial charge is 0.431 e. The molecule has 0 aliphatic heterocycles. The van der Waals surface area contributed by atoms with Gasteiger partial charge in [0.05, 0.1) is 0 Å². The second-order valence-corrected chi connectivity index (χ2v) is 5.37. The molecule has 0 radical (unpaired) electrons. The van der Waals surface area contributed by atoms with E-state index in [1.807, 2.05) is 55.5 Å². The number of fused-ring (bicyclic) bond motifs is 1. The summed E-state index contributed by atoms with van der Waals surface area (Å²) < 4.78 is 5.72. The molecular weight excluding hydrogens is 256 g/mol. The van der Waals surface area contributed by atoms with E-state index in [0.717, 1.165) is 21.6 Å². The van der Waals surface area contributed by atoms with Crippen LogP contribution in [0.15, 0.2) is 63.1 Å². The number of para-hydroxylation sites is 2. The zero-order chi connectivity index (χ0) is 13.2. The first kappa shape index (κ1) is 12.3. The Morgan fingerprint density at radius 3 is 2.63 bits per heavy atom. The minimum atomic E-state index is -0.00641. The van der Waals surface area contributed by atoms with Crippen molar-refractivity contribution in [2.24, 2.45) is 5.73 Å². The highest BCUT2D eigenvalue weighted by atomic mass is 32.2. The van der Waals surface area contributed by atoms with Crippen LogP contribution < -0.4 is 5.73 Å². The second-order valence-electron chi connectivity index (χ2n) is 4.38. The smallest absolute Gasteiger partial charge is 0.261 e. The quantitative estimate of drug-likeness (QED) is 0.781. The molecule has 96 valence electrons. The third-order valence-corrected chi connectivity index (χ3v) is 3.82. The Balaban J connectivity index is 1.97. The lowest BCUT2D eigenvalue weighted by Crippen LogP contribution is -2.05. The molecule has 0 fully saturated rings. The zero-order valence-electron chi connectivity index (χ0n) is 10.5. The van der Waals surface area contributed by atoms with Crippen molar-refractivity contribution < 1.29 is 4.42 Å². The molecule has 4 heteroatoms. The van der Waals surface area contributed by atoms with Crippen molar-refractivity contribution >= 4 is 22.9 Å². The van der Waals surface area contributed by atoms with Crippen LogP contribution in [0.2, 0.25) is 0 Å². The summed E-state index contributed by atoms with van der Waals surface area (Å²) in [5, 5.41) is 0.648. The van der Waals surface area contributed by atoms with E-state index in [9.17, 15) is 0 Å². The first-order chi connectivity index (χ1) is 9.24. The number of benzene rings is 2. The number of aromatic nitrogens is 1. The fourth-order valence-electron chi connectivity index (χ4n) is 1.94. The van der Waals surface area contributed by atoms with Crippen molar-refractivity contribution in [1.82, 2.24) is 4.98 Å². The van der Waals surface area contributed by atoms with Gasteiger partial charge >= 0.3 is 0 Å². The summed E-state index contributed by atoms with van der Waals surface area (Å²) in [6, 6.07) is 15.8. The number of hydrogen-bond donors (Lipinski definition) is 1. The van der Waals surface area contributed by atoms with Crippen LogP contribution in [0.4, 0.5) is 0 Å². The molecule has 0 spiro atoms. The van der Waals surface area contributed by atoms with E-state index >= 15 is 0 Å². The van der Waals surface area contributed by atoms with Gasteiger partial charge < -0.3 is 10.2 Å². The number of nitrogens with zero attached hydrogens (tertiary/aromatic N) is 1. The minimum absolute atomic E-state index is 0.00641. The van der Waals surface area contributed by atoms with Gasteiger partial charge in [0, 0.05) is 10.9 Å². The number of nitrogens with two attached hydrogens (primary N) is 1. The summed E-state index contributed by atoms with van der Waals surface area (Å²) in [5.41, 5.74) is 8.77. The summed E-state index contributed by atoms with van der Waals surface area (Å²) in [6.07, 6.45) is 0. The lowest BCUT2D eigenvalue weighted by atomic mass is 10.1. The summed E-state index contributed by atoms with van der Waals surface area (Å²) in [6.45, 7) is 1.98. The van der Waals surface area contributed by atoms with Gasteiger partial charge in [0.1, 0.15) is 5.52 Å². The SMILES string of the molecule is C[C@@H](N)c1ccccc1Sc1nc2ccccc2o1. The topological polar surface area (TPSA) is 52.0 Å². The maximum absolute atomic E-state index is 5.98. The Hall–Kier alpha value is -1.78. The molecule has 2 N–H and O–H groups in total. The van der Waals surface area contributed by atoms with Crippen molar-refractivity contribution in [2.75, 3.05) is 0 Å². The average Bonchev–Trinajstić information content (AvgIpc) is 2.81. The Labute approximate surface area is 115 Å². The van der Waals surface area contributed by atoms with E-state index < -0.39 is 0 Å². The summed E-state index contributed by atoms with van der Waals surface area (Å²) in [5.74, 6) is 0. The molecule has 1 aromatic heterocycles. The Morgan fingerprint density at radius 2 is 1.84 bits per heavy atom. The fourth-order valence-corrected chi connectivity index (χ4v) is 2.92. The third kappa shape index (κ3) is 2.50. The van der Waals surface area contributed by atoms with Crippen molar-refractivity contribution in [3.8, 4) is 0 Å². The Kier molecular flexibility index (Phi) is 3.27. The van der Waals surface area contributed by atoms with Crippen molar-refractivity contribution in [2.45, 2.75) is 23.1 Å². The first-order valence-corrected chi connectivity index (χ1v) is 6.93. The van der Waals surface area contributed by atoms with E-state index in [1.54, 1.807) is 0 Å². The van der Waals surface area contributed by atoms with Gasteiger partial charge in [-0.05, 0) is 42.4 Å². The lowest BCUT2D eigenvalue weighted by molar-refractivity contribution is 0.489. The van der Waals surface area contributed by atoms with Crippen LogP contribution in [-0.4, -0.2) is 4.98 Å². The molecule has 0 aliphatic rings. The Morgan fingerprint density at radius 1 is 1.11 bits per heavy atom. The first-order valence-electron chi connectivity index (χ1n) is 6.12. The van der Waals surface area contributed by atoms with Crippen molar-refractivity contribution in [1.29, 1.82) is 0 Å². The molecular formula is C15H14N2OS. The molecule has 3 nitrogen and oxygen atoms in total. The molecule has 0 saturated carbocycles. The van der Waals surface area contributed by atoms with E-state index in [1.165, 1.54) is 11.8 Å². The van der Waals surface area contributed by atoms with Crippen LogP contribution >= 0.6 is 11.8 Å². The number of rotatable bonds is 3. The maximum Gasteiger partial charge on any atom is 0.261 e. The van der Waals surface area contributed by atoms with Gasteiger partial charge in [-0.15, -0.1) is 0 Å². The highest BCUT2D eigenvalue weighted by molar-refractivity contribution is 7.99. The predicted octanol–water partition coefficient (Wildman–Crippen LogP) is 4.00. The third-order valence-electron chi connectivity index (χ3n) is 2.88. The predicted molar refractivity (Wildman–Crippen MR) is 77.2 cm³/mol. The number of hydrogen-bond acceptors (Lipinski definition) is 4. The standard InChI is InChI=1S/C15H14N2OS/c1-10(16)11-6-2-5-9-14(11)19-15-17-12-7-3-4-8-13(12)18-15/h2-10H,16H2,1H3/t10-/m1/s1. The normalized spacial score (nSPS) is 12.7. The van der Waals surface area contributed by atoms with Crippen molar-refractivity contribution in [3.63, 3.8) is 0 Å². The fraction of sp³-hybridized carbons (Fsp3) is 0.133. The zero-order valence-corrected chi connectivity index (χ0v) is 11.4. The molecule has 0 unspecified atom stereocenters. The Bertz CT molecular complexity index is 673.